The van der Waals surface area contributed by atoms with Gasteiger partial charge in [-0.1, -0.05) is 41.9 Å². The highest BCUT2D eigenvalue weighted by Crippen LogP contribution is 2.28. The smallest absolute Gasteiger partial charge is 0.122 e. The summed E-state index contributed by atoms with van der Waals surface area (Å²) in [5, 5.41) is 1.92. The largest absolute Gasteiger partial charge is 0.489 e. The molecule has 1 aromatic heterocycles. The molecule has 0 atom stereocenters. The van der Waals surface area contributed by atoms with Gasteiger partial charge in [0.05, 0.1) is 10.5 Å². The van der Waals surface area contributed by atoms with E-state index >= 15 is 0 Å². The number of rotatable bonds is 3. The molecule has 0 saturated carbocycles. The van der Waals surface area contributed by atoms with Gasteiger partial charge in [-0.2, -0.15) is 0 Å². The Bertz CT molecular complexity index is 761. The predicted molar refractivity (Wildman–Crippen MR) is 83.4 cm³/mol. The van der Waals surface area contributed by atoms with Crippen LogP contribution in [0.1, 0.15) is 11.1 Å². The number of aryl methyl sites for hydroxylation is 2. The molecule has 3 heteroatoms. The van der Waals surface area contributed by atoms with Crippen LogP contribution in [0, 0.1) is 6.92 Å². The molecule has 2 nitrogen and oxygen atoms in total. The van der Waals surface area contributed by atoms with Gasteiger partial charge in [-0.25, -0.2) is 0 Å². The quantitative estimate of drug-likeness (QED) is 0.679. The number of nitrogens with zero attached hydrogens (tertiary/aromatic N) is 1. The van der Waals surface area contributed by atoms with Crippen LogP contribution >= 0.6 is 11.6 Å². The third-order valence-corrected chi connectivity index (χ3v) is 3.82. The molecule has 2 aromatic carbocycles. The highest BCUT2D eigenvalue weighted by Gasteiger charge is 2.10. The number of halogens is 1. The molecule has 0 aliphatic heterocycles. The van der Waals surface area contributed by atoms with Gasteiger partial charge in [-0.3, -0.25) is 0 Å². The van der Waals surface area contributed by atoms with E-state index in [1.807, 2.05) is 41.9 Å². The lowest BCUT2D eigenvalue weighted by atomic mass is 10.2. The van der Waals surface area contributed by atoms with Crippen LogP contribution in [0.5, 0.6) is 5.75 Å². The third kappa shape index (κ3) is 2.27. The highest BCUT2D eigenvalue weighted by molar-refractivity contribution is 6.35. The monoisotopic (exact) mass is 285 g/mol. The molecule has 0 fully saturated rings. The van der Waals surface area contributed by atoms with Crippen LogP contribution in [0.2, 0.25) is 5.02 Å². The third-order valence-electron chi connectivity index (χ3n) is 3.51. The molecule has 3 aromatic rings. The Morgan fingerprint density at radius 3 is 2.70 bits per heavy atom. The zero-order chi connectivity index (χ0) is 14.1. The number of para-hydroxylation sites is 2. The second-order valence-corrected chi connectivity index (χ2v) is 5.36. The van der Waals surface area contributed by atoms with E-state index in [-0.39, 0.29) is 0 Å². The normalized spacial score (nSPS) is 10.9. The van der Waals surface area contributed by atoms with Crippen LogP contribution in [0.4, 0.5) is 0 Å². The van der Waals surface area contributed by atoms with Gasteiger partial charge in [0.2, 0.25) is 0 Å². The molecule has 0 aliphatic rings. The zero-order valence-corrected chi connectivity index (χ0v) is 12.3. The predicted octanol–water partition coefficient (Wildman–Crippen LogP) is 4.72. The number of hydrogen-bond donors (Lipinski definition) is 0. The molecule has 1 heterocycles. The topological polar surface area (TPSA) is 14.2 Å². The van der Waals surface area contributed by atoms with E-state index < -0.39 is 0 Å². The van der Waals surface area contributed by atoms with Gasteiger partial charge in [0.25, 0.3) is 0 Å². The minimum atomic E-state index is 0.544. The van der Waals surface area contributed by atoms with Crippen molar-refractivity contribution in [2.75, 3.05) is 0 Å². The fourth-order valence-corrected chi connectivity index (χ4v) is 2.80. The van der Waals surface area contributed by atoms with Crippen molar-refractivity contribution in [3.63, 3.8) is 0 Å². The summed E-state index contributed by atoms with van der Waals surface area (Å²) in [5.74, 6) is 0.923. The Hall–Kier alpha value is -1.93. The van der Waals surface area contributed by atoms with Crippen molar-refractivity contribution < 1.29 is 4.74 Å². The highest BCUT2D eigenvalue weighted by atomic mass is 35.5. The first-order valence-electron chi connectivity index (χ1n) is 6.57. The maximum absolute atomic E-state index is 6.26. The number of hydrogen-bond acceptors (Lipinski definition) is 1. The van der Waals surface area contributed by atoms with Crippen molar-refractivity contribution in [3.05, 3.63) is 64.8 Å². The first-order valence-corrected chi connectivity index (χ1v) is 6.95. The van der Waals surface area contributed by atoms with E-state index in [0.29, 0.717) is 6.61 Å². The van der Waals surface area contributed by atoms with Crippen LogP contribution in [-0.2, 0) is 13.7 Å². The van der Waals surface area contributed by atoms with E-state index in [2.05, 4.69) is 25.3 Å². The van der Waals surface area contributed by atoms with Gasteiger partial charge in [0.1, 0.15) is 12.4 Å². The maximum atomic E-state index is 6.26. The fourth-order valence-electron chi connectivity index (χ4n) is 2.49. The van der Waals surface area contributed by atoms with E-state index in [9.17, 15) is 0 Å². The fraction of sp³-hybridized carbons (Fsp3) is 0.176. The number of aromatic nitrogens is 1. The Morgan fingerprint density at radius 2 is 1.90 bits per heavy atom. The molecular formula is C17H16ClNO. The first-order chi connectivity index (χ1) is 9.66. The average molecular weight is 286 g/mol. The first kappa shape index (κ1) is 13.1. The van der Waals surface area contributed by atoms with Crippen LogP contribution in [0.25, 0.3) is 10.9 Å². The summed E-state index contributed by atoms with van der Waals surface area (Å²) in [5.41, 5.74) is 3.34. The van der Waals surface area contributed by atoms with Crippen molar-refractivity contribution in [2.45, 2.75) is 13.5 Å². The van der Waals surface area contributed by atoms with E-state index in [0.717, 1.165) is 32.8 Å². The second-order valence-electron chi connectivity index (χ2n) is 4.96. The number of benzene rings is 2. The Morgan fingerprint density at radius 1 is 1.10 bits per heavy atom. The van der Waals surface area contributed by atoms with Crippen molar-refractivity contribution in [3.8, 4) is 5.75 Å². The molecule has 3 rings (SSSR count). The summed E-state index contributed by atoms with van der Waals surface area (Å²) < 4.78 is 7.98. The molecule has 0 unspecified atom stereocenters. The van der Waals surface area contributed by atoms with Crippen molar-refractivity contribution >= 4 is 22.5 Å². The summed E-state index contributed by atoms with van der Waals surface area (Å²) in [6, 6.07) is 14.0. The van der Waals surface area contributed by atoms with Gasteiger partial charge in [-0.15, -0.1) is 0 Å². The van der Waals surface area contributed by atoms with Crippen molar-refractivity contribution in [1.29, 1.82) is 0 Å². The lowest BCUT2D eigenvalue weighted by molar-refractivity contribution is 0.305. The molecule has 0 radical (unpaired) electrons. The Labute approximate surface area is 123 Å². The Balaban J connectivity index is 1.93. The van der Waals surface area contributed by atoms with Gasteiger partial charge < -0.3 is 9.30 Å². The van der Waals surface area contributed by atoms with Crippen molar-refractivity contribution in [2.24, 2.45) is 7.05 Å². The molecule has 0 N–H and O–H groups in total. The summed E-state index contributed by atoms with van der Waals surface area (Å²) in [7, 11) is 2.01. The molecule has 0 saturated heterocycles. The van der Waals surface area contributed by atoms with Crippen molar-refractivity contribution in [1.82, 2.24) is 4.57 Å². The summed E-state index contributed by atoms with van der Waals surface area (Å²) >= 11 is 6.26. The average Bonchev–Trinajstić information content (AvgIpc) is 2.76. The van der Waals surface area contributed by atoms with Crippen LogP contribution in [0.15, 0.2) is 48.7 Å². The maximum Gasteiger partial charge on any atom is 0.122 e. The molecular weight excluding hydrogens is 270 g/mol. The number of fused-ring (bicyclic) bond motifs is 1. The summed E-state index contributed by atoms with van der Waals surface area (Å²) in [6.45, 7) is 2.60. The van der Waals surface area contributed by atoms with Crippen LogP contribution < -0.4 is 4.74 Å². The lowest BCUT2D eigenvalue weighted by Gasteiger charge is -2.08. The van der Waals surface area contributed by atoms with E-state index in [1.54, 1.807) is 0 Å². The summed E-state index contributed by atoms with van der Waals surface area (Å²) in [4.78, 5) is 0. The van der Waals surface area contributed by atoms with Crippen LogP contribution in [-0.4, -0.2) is 4.57 Å². The standard InChI is InChI=1S/C17H16ClNO/c1-12-6-3-4-9-16(12)20-11-13-10-19(2)17-14(13)7-5-8-15(17)18/h3-10H,11H2,1-2H3. The minimum absolute atomic E-state index is 0.544. The van der Waals surface area contributed by atoms with Gasteiger partial charge in [0.15, 0.2) is 0 Å². The zero-order valence-electron chi connectivity index (χ0n) is 11.6. The second kappa shape index (κ2) is 5.22. The molecule has 0 aliphatic carbocycles. The SMILES string of the molecule is Cc1ccccc1OCc1cn(C)c2c(Cl)cccc12. The number of ether oxygens (including phenoxy) is 1. The Kier molecular flexibility index (Phi) is 3.41. The lowest BCUT2D eigenvalue weighted by Crippen LogP contribution is -1.96. The summed E-state index contributed by atoms with van der Waals surface area (Å²) in [6.07, 6.45) is 2.08. The van der Waals surface area contributed by atoms with E-state index in [1.165, 1.54) is 0 Å². The molecule has 0 spiro atoms. The van der Waals surface area contributed by atoms with Gasteiger partial charge in [0, 0.05) is 24.2 Å². The van der Waals surface area contributed by atoms with Gasteiger partial charge in [-0.05, 0) is 24.6 Å². The molecule has 0 bridgehead atoms. The van der Waals surface area contributed by atoms with E-state index in [4.69, 9.17) is 16.3 Å². The van der Waals surface area contributed by atoms with Gasteiger partial charge >= 0.3 is 0 Å². The minimum Gasteiger partial charge on any atom is -0.489 e. The van der Waals surface area contributed by atoms with Crippen LogP contribution in [0.3, 0.4) is 0 Å². The molecule has 0 amide bonds. The molecule has 102 valence electrons. The molecule has 20 heavy (non-hydrogen) atoms.